The molecular weight excluding hydrogens is 358 g/mol. The van der Waals surface area contributed by atoms with E-state index < -0.39 is 11.6 Å². The average molecular weight is 383 g/mol. The molecule has 7 nitrogen and oxygen atoms in total. The molecule has 0 spiro atoms. The lowest BCUT2D eigenvalue weighted by Crippen LogP contribution is -2.47. The smallest absolute Gasteiger partial charge is 0.347 e. The summed E-state index contributed by atoms with van der Waals surface area (Å²) in [5.74, 6) is -0.612. The molecule has 148 valence electrons. The monoisotopic (exact) mass is 383 g/mol. The minimum absolute atomic E-state index is 0.0185. The Morgan fingerprint density at radius 2 is 1.89 bits per heavy atom. The van der Waals surface area contributed by atoms with Gasteiger partial charge in [-0.1, -0.05) is 0 Å². The molecule has 0 amide bonds. The van der Waals surface area contributed by atoms with E-state index in [1.165, 1.54) is 13.8 Å². The van der Waals surface area contributed by atoms with Crippen LogP contribution in [0.1, 0.15) is 35.8 Å². The zero-order valence-corrected chi connectivity index (χ0v) is 16.1. The highest BCUT2D eigenvalue weighted by Gasteiger charge is 2.29. The number of aliphatic carboxylic acids is 1. The Balaban J connectivity index is 1.67. The summed E-state index contributed by atoms with van der Waals surface area (Å²) in [7, 11) is 0. The molecule has 1 saturated heterocycles. The van der Waals surface area contributed by atoms with Gasteiger partial charge in [-0.3, -0.25) is 14.7 Å². The second-order valence-corrected chi connectivity index (χ2v) is 7.34. The average Bonchev–Trinajstić information content (AvgIpc) is 2.69. The largest absolute Gasteiger partial charge is 0.478 e. The zero-order chi connectivity index (χ0) is 20.1. The van der Waals surface area contributed by atoms with Crippen LogP contribution in [0, 0.1) is 0 Å². The van der Waals surface area contributed by atoms with Crippen molar-refractivity contribution in [2.75, 3.05) is 26.2 Å². The summed E-state index contributed by atoms with van der Waals surface area (Å²) in [5, 5.41) is 12.5. The fraction of sp³-hybridized carbons (Fsp3) is 0.381. The van der Waals surface area contributed by atoms with E-state index in [1.807, 2.05) is 12.1 Å². The van der Waals surface area contributed by atoms with Gasteiger partial charge in [0.1, 0.15) is 5.75 Å². The van der Waals surface area contributed by atoms with Crippen LogP contribution in [0.2, 0.25) is 0 Å². The third-order valence-electron chi connectivity index (χ3n) is 4.86. The predicted molar refractivity (Wildman–Crippen MR) is 105 cm³/mol. The van der Waals surface area contributed by atoms with Gasteiger partial charge in [-0.15, -0.1) is 0 Å². The number of carboxylic acid groups (broad SMARTS) is 1. The predicted octanol–water partition coefficient (Wildman–Crippen LogP) is 2.15. The highest BCUT2D eigenvalue weighted by molar-refractivity contribution is 5.97. The summed E-state index contributed by atoms with van der Waals surface area (Å²) >= 11 is 0. The first kappa shape index (κ1) is 20.0. The molecule has 1 unspecified atom stereocenters. The van der Waals surface area contributed by atoms with E-state index in [0.29, 0.717) is 17.9 Å². The molecule has 1 aliphatic heterocycles. The van der Waals surface area contributed by atoms with Gasteiger partial charge in [0, 0.05) is 43.6 Å². The number of piperazine rings is 1. The van der Waals surface area contributed by atoms with E-state index in [-0.39, 0.29) is 11.8 Å². The van der Waals surface area contributed by atoms with Crippen LogP contribution in [0.3, 0.4) is 0 Å². The van der Waals surface area contributed by atoms with E-state index >= 15 is 0 Å². The molecule has 1 fully saturated rings. The van der Waals surface area contributed by atoms with Crippen LogP contribution in [-0.4, -0.2) is 58.5 Å². The summed E-state index contributed by atoms with van der Waals surface area (Å²) in [6.07, 6.45) is 3.53. The third kappa shape index (κ3) is 4.74. The van der Waals surface area contributed by atoms with Crippen molar-refractivity contribution < 1.29 is 19.4 Å². The maximum absolute atomic E-state index is 12.8. The Morgan fingerprint density at radius 3 is 2.54 bits per heavy atom. The SMILES string of the molecule is CC(C)(Oc1ccc(C(=O)CN2CCNCC2c2ccncc2)cc1)C(=O)O. The van der Waals surface area contributed by atoms with Gasteiger partial charge < -0.3 is 15.2 Å². The summed E-state index contributed by atoms with van der Waals surface area (Å²) in [6.45, 7) is 5.69. The standard InChI is InChI=1S/C21H25N3O4/c1-21(2,20(26)27)28-17-5-3-16(4-6-17)19(25)14-24-12-11-23-13-18(24)15-7-9-22-10-8-15/h3-10,18,23H,11-14H2,1-2H3,(H,26,27). The Morgan fingerprint density at radius 1 is 1.21 bits per heavy atom. The molecule has 2 aromatic rings. The number of carbonyl (C=O) groups is 2. The van der Waals surface area contributed by atoms with Crippen molar-refractivity contribution in [3.8, 4) is 5.75 Å². The van der Waals surface area contributed by atoms with Gasteiger partial charge in [-0.2, -0.15) is 0 Å². The lowest BCUT2D eigenvalue weighted by molar-refractivity contribution is -0.152. The van der Waals surface area contributed by atoms with Crippen molar-refractivity contribution in [1.82, 2.24) is 15.2 Å². The lowest BCUT2D eigenvalue weighted by atomic mass is 10.0. The normalized spacial score (nSPS) is 17.9. The quantitative estimate of drug-likeness (QED) is 0.708. The maximum atomic E-state index is 12.8. The van der Waals surface area contributed by atoms with Gasteiger partial charge in [0.15, 0.2) is 11.4 Å². The Hall–Kier alpha value is -2.77. The fourth-order valence-corrected chi connectivity index (χ4v) is 3.17. The van der Waals surface area contributed by atoms with Crippen LogP contribution in [0.4, 0.5) is 0 Å². The van der Waals surface area contributed by atoms with Gasteiger partial charge in [0.2, 0.25) is 0 Å². The molecule has 2 heterocycles. The lowest BCUT2D eigenvalue weighted by Gasteiger charge is -2.36. The number of benzene rings is 1. The molecule has 1 aromatic heterocycles. The van der Waals surface area contributed by atoms with Crippen molar-refractivity contribution in [1.29, 1.82) is 0 Å². The highest BCUT2D eigenvalue weighted by atomic mass is 16.5. The minimum atomic E-state index is -1.33. The van der Waals surface area contributed by atoms with Crippen molar-refractivity contribution >= 4 is 11.8 Å². The maximum Gasteiger partial charge on any atom is 0.347 e. The number of ether oxygens (including phenoxy) is 1. The number of Topliss-reactive ketones (excluding diaryl/α,β-unsaturated/α-hetero) is 1. The number of carboxylic acids is 1. The number of pyridine rings is 1. The summed E-state index contributed by atoms with van der Waals surface area (Å²) in [6, 6.07) is 10.7. The number of carbonyl (C=O) groups excluding carboxylic acids is 1. The number of nitrogens with zero attached hydrogens (tertiary/aromatic N) is 2. The van der Waals surface area contributed by atoms with Crippen LogP contribution < -0.4 is 10.1 Å². The van der Waals surface area contributed by atoms with Crippen molar-refractivity contribution in [2.45, 2.75) is 25.5 Å². The molecular formula is C21H25N3O4. The molecule has 0 saturated carbocycles. The molecule has 0 radical (unpaired) electrons. The number of ketones is 1. The molecule has 28 heavy (non-hydrogen) atoms. The van der Waals surface area contributed by atoms with Crippen LogP contribution >= 0.6 is 0 Å². The summed E-state index contributed by atoms with van der Waals surface area (Å²) in [5.41, 5.74) is 0.381. The van der Waals surface area contributed by atoms with Crippen LogP contribution in [0.25, 0.3) is 0 Å². The van der Waals surface area contributed by atoms with Gasteiger partial charge in [0.05, 0.1) is 6.54 Å². The van der Waals surface area contributed by atoms with Gasteiger partial charge in [-0.25, -0.2) is 4.79 Å². The Labute approximate surface area is 164 Å². The molecule has 0 bridgehead atoms. The second kappa shape index (κ2) is 8.50. The molecule has 1 aromatic carbocycles. The van der Waals surface area contributed by atoms with E-state index in [0.717, 1.165) is 25.2 Å². The van der Waals surface area contributed by atoms with Crippen molar-refractivity contribution in [2.24, 2.45) is 0 Å². The van der Waals surface area contributed by atoms with E-state index in [4.69, 9.17) is 9.84 Å². The number of rotatable bonds is 7. The van der Waals surface area contributed by atoms with Crippen LogP contribution in [0.15, 0.2) is 48.8 Å². The van der Waals surface area contributed by atoms with Gasteiger partial charge in [-0.05, 0) is 55.8 Å². The molecule has 1 aliphatic rings. The molecule has 2 N–H and O–H groups in total. The first-order valence-corrected chi connectivity index (χ1v) is 9.27. The first-order valence-electron chi connectivity index (χ1n) is 9.27. The van der Waals surface area contributed by atoms with E-state index in [2.05, 4.69) is 15.2 Å². The summed E-state index contributed by atoms with van der Waals surface area (Å²) in [4.78, 5) is 30.2. The molecule has 7 heteroatoms. The zero-order valence-electron chi connectivity index (χ0n) is 16.1. The number of hydrogen-bond donors (Lipinski definition) is 2. The van der Waals surface area contributed by atoms with E-state index in [9.17, 15) is 9.59 Å². The van der Waals surface area contributed by atoms with Crippen LogP contribution in [-0.2, 0) is 4.79 Å². The Kier molecular flexibility index (Phi) is 6.06. The molecule has 3 rings (SSSR count). The molecule has 0 aliphatic carbocycles. The minimum Gasteiger partial charge on any atom is -0.478 e. The topological polar surface area (TPSA) is 91.8 Å². The fourth-order valence-electron chi connectivity index (χ4n) is 3.17. The molecule has 1 atom stereocenters. The highest BCUT2D eigenvalue weighted by Crippen LogP contribution is 2.23. The van der Waals surface area contributed by atoms with Crippen molar-refractivity contribution in [3.05, 3.63) is 59.9 Å². The Bertz CT molecular complexity index is 821. The third-order valence-corrected chi connectivity index (χ3v) is 4.86. The first-order chi connectivity index (χ1) is 13.4. The van der Waals surface area contributed by atoms with Crippen molar-refractivity contribution in [3.63, 3.8) is 0 Å². The number of aromatic nitrogens is 1. The number of nitrogens with one attached hydrogen (secondary N) is 1. The van der Waals surface area contributed by atoms with Crippen LogP contribution in [0.5, 0.6) is 5.75 Å². The van der Waals surface area contributed by atoms with E-state index in [1.54, 1.807) is 36.7 Å². The number of hydrogen-bond acceptors (Lipinski definition) is 6. The second-order valence-electron chi connectivity index (χ2n) is 7.34. The summed E-state index contributed by atoms with van der Waals surface area (Å²) < 4.78 is 5.49. The van der Waals surface area contributed by atoms with Gasteiger partial charge in [0.25, 0.3) is 0 Å². The van der Waals surface area contributed by atoms with Gasteiger partial charge >= 0.3 is 5.97 Å².